The van der Waals surface area contributed by atoms with Crippen LogP contribution in [0.3, 0.4) is 0 Å². The summed E-state index contributed by atoms with van der Waals surface area (Å²) in [5, 5.41) is 3.23. The highest BCUT2D eigenvalue weighted by Crippen LogP contribution is 2.39. The number of carbonyl (C=O) groups is 1. The SMILES string of the molecule is CC(=O)C1=C(C)Nc2nc3ccccc3n2[C@H]1c1ccc(F)cc1. The number of rotatable bonds is 2. The Morgan fingerprint density at radius 3 is 2.58 bits per heavy atom. The van der Waals surface area contributed by atoms with Gasteiger partial charge in [-0.2, -0.15) is 0 Å². The van der Waals surface area contributed by atoms with E-state index in [1.807, 2.05) is 35.8 Å². The van der Waals surface area contributed by atoms with E-state index in [4.69, 9.17) is 0 Å². The molecule has 0 saturated carbocycles. The van der Waals surface area contributed by atoms with E-state index in [0.717, 1.165) is 22.3 Å². The lowest BCUT2D eigenvalue weighted by atomic mass is 9.92. The normalized spacial score (nSPS) is 16.9. The molecular formula is C19H16FN3O. The van der Waals surface area contributed by atoms with E-state index in [1.54, 1.807) is 19.1 Å². The number of hydrogen-bond acceptors (Lipinski definition) is 3. The number of benzene rings is 2. The lowest BCUT2D eigenvalue weighted by Crippen LogP contribution is -2.26. The van der Waals surface area contributed by atoms with Crippen LogP contribution in [0.25, 0.3) is 11.0 Å². The summed E-state index contributed by atoms with van der Waals surface area (Å²) in [5.74, 6) is 0.374. The van der Waals surface area contributed by atoms with Crippen molar-refractivity contribution in [3.8, 4) is 0 Å². The average molecular weight is 321 g/mol. The maximum Gasteiger partial charge on any atom is 0.209 e. The van der Waals surface area contributed by atoms with E-state index in [1.165, 1.54) is 12.1 Å². The molecule has 24 heavy (non-hydrogen) atoms. The smallest absolute Gasteiger partial charge is 0.209 e. The standard InChI is InChI=1S/C19H16FN3O/c1-11-17(12(2)24)18(13-7-9-14(20)10-8-13)23-16-6-4-3-5-15(16)22-19(23)21-11/h3-10,18H,1-2H3,(H,21,22)/t18-/m0/s1. The van der Waals surface area contributed by atoms with Crippen molar-refractivity contribution in [2.45, 2.75) is 19.9 Å². The van der Waals surface area contributed by atoms with E-state index < -0.39 is 0 Å². The Hall–Kier alpha value is -2.95. The molecule has 0 amide bonds. The van der Waals surface area contributed by atoms with Gasteiger partial charge in [0.2, 0.25) is 5.95 Å². The highest BCUT2D eigenvalue weighted by Gasteiger charge is 2.32. The van der Waals surface area contributed by atoms with Crippen molar-refractivity contribution in [1.82, 2.24) is 9.55 Å². The molecule has 0 radical (unpaired) electrons. The molecule has 1 aliphatic heterocycles. The van der Waals surface area contributed by atoms with Crippen LogP contribution in [-0.2, 0) is 4.79 Å². The van der Waals surface area contributed by atoms with Gasteiger partial charge in [0.25, 0.3) is 0 Å². The van der Waals surface area contributed by atoms with Gasteiger partial charge in [-0.1, -0.05) is 24.3 Å². The van der Waals surface area contributed by atoms with Crippen LogP contribution >= 0.6 is 0 Å². The van der Waals surface area contributed by atoms with E-state index in [0.29, 0.717) is 11.5 Å². The first-order chi connectivity index (χ1) is 11.6. The summed E-state index contributed by atoms with van der Waals surface area (Å²) in [4.78, 5) is 16.9. The van der Waals surface area contributed by atoms with Crippen LogP contribution in [0.5, 0.6) is 0 Å². The number of ketones is 1. The summed E-state index contributed by atoms with van der Waals surface area (Å²) in [7, 11) is 0. The predicted octanol–water partition coefficient (Wildman–Crippen LogP) is 4.05. The zero-order valence-corrected chi connectivity index (χ0v) is 13.4. The second kappa shape index (κ2) is 5.30. The molecule has 3 aromatic rings. The van der Waals surface area contributed by atoms with Gasteiger partial charge in [0.1, 0.15) is 5.82 Å². The number of nitrogens with one attached hydrogen (secondary N) is 1. The zero-order chi connectivity index (χ0) is 16.8. The molecular weight excluding hydrogens is 305 g/mol. The minimum Gasteiger partial charge on any atom is -0.329 e. The number of para-hydroxylation sites is 2. The lowest BCUT2D eigenvalue weighted by Gasteiger charge is -2.30. The fourth-order valence-corrected chi connectivity index (χ4v) is 3.38. The summed E-state index contributed by atoms with van der Waals surface area (Å²) in [6.07, 6.45) is 0. The summed E-state index contributed by atoms with van der Waals surface area (Å²) < 4.78 is 15.4. The summed E-state index contributed by atoms with van der Waals surface area (Å²) in [6.45, 7) is 3.43. The van der Waals surface area contributed by atoms with Crippen LogP contribution in [0.1, 0.15) is 25.5 Å². The summed E-state index contributed by atoms with van der Waals surface area (Å²) in [5.41, 5.74) is 4.08. The van der Waals surface area contributed by atoms with E-state index in [9.17, 15) is 9.18 Å². The summed E-state index contributed by atoms with van der Waals surface area (Å²) in [6, 6.07) is 13.7. The monoisotopic (exact) mass is 321 g/mol. The molecule has 2 heterocycles. The number of carbonyl (C=O) groups excluding carboxylic acids is 1. The van der Waals surface area contributed by atoms with E-state index >= 15 is 0 Å². The Morgan fingerprint density at radius 2 is 1.88 bits per heavy atom. The molecule has 1 aromatic heterocycles. The number of nitrogens with zero attached hydrogens (tertiary/aromatic N) is 2. The van der Waals surface area contributed by atoms with Gasteiger partial charge in [0.15, 0.2) is 5.78 Å². The second-order valence-corrected chi connectivity index (χ2v) is 5.97. The van der Waals surface area contributed by atoms with Gasteiger partial charge in [-0.25, -0.2) is 9.37 Å². The third kappa shape index (κ3) is 2.12. The lowest BCUT2D eigenvalue weighted by molar-refractivity contribution is -0.114. The number of aromatic nitrogens is 2. The highest BCUT2D eigenvalue weighted by atomic mass is 19.1. The van der Waals surface area contributed by atoms with E-state index in [-0.39, 0.29) is 17.6 Å². The van der Waals surface area contributed by atoms with Crippen LogP contribution in [0.4, 0.5) is 10.3 Å². The molecule has 0 bridgehead atoms. The number of Topliss-reactive ketones (excluding diaryl/α,β-unsaturated/α-hetero) is 1. The number of halogens is 1. The molecule has 1 atom stereocenters. The van der Waals surface area contributed by atoms with Gasteiger partial charge in [0, 0.05) is 11.3 Å². The predicted molar refractivity (Wildman–Crippen MR) is 91.3 cm³/mol. The second-order valence-electron chi connectivity index (χ2n) is 5.97. The number of fused-ring (bicyclic) bond motifs is 3. The number of imidazole rings is 1. The van der Waals surface area contributed by atoms with Crippen molar-refractivity contribution >= 4 is 22.8 Å². The maximum absolute atomic E-state index is 13.4. The van der Waals surface area contributed by atoms with Gasteiger partial charge >= 0.3 is 0 Å². The number of allylic oxidation sites excluding steroid dienone is 2. The van der Waals surface area contributed by atoms with Gasteiger partial charge < -0.3 is 5.32 Å². The fourth-order valence-electron chi connectivity index (χ4n) is 3.38. The molecule has 0 spiro atoms. The molecule has 5 heteroatoms. The van der Waals surface area contributed by atoms with Gasteiger partial charge in [-0.05, 0) is 43.7 Å². The van der Waals surface area contributed by atoms with Crippen molar-refractivity contribution in [2.75, 3.05) is 5.32 Å². The van der Waals surface area contributed by atoms with Crippen molar-refractivity contribution < 1.29 is 9.18 Å². The number of anilines is 1. The minimum absolute atomic E-state index is 0.0160. The van der Waals surface area contributed by atoms with Gasteiger partial charge in [-0.3, -0.25) is 9.36 Å². The Labute approximate surface area is 138 Å². The molecule has 1 N–H and O–H groups in total. The van der Waals surface area contributed by atoms with Crippen molar-refractivity contribution in [2.24, 2.45) is 0 Å². The molecule has 1 aliphatic rings. The third-order valence-electron chi connectivity index (χ3n) is 4.40. The van der Waals surface area contributed by atoms with Crippen LogP contribution < -0.4 is 5.32 Å². The van der Waals surface area contributed by atoms with Crippen LogP contribution in [0.2, 0.25) is 0 Å². The first kappa shape index (κ1) is 14.6. The number of hydrogen-bond donors (Lipinski definition) is 1. The van der Waals surface area contributed by atoms with Crippen molar-refractivity contribution in [3.63, 3.8) is 0 Å². The van der Waals surface area contributed by atoms with Crippen LogP contribution in [0.15, 0.2) is 59.8 Å². The molecule has 0 saturated heterocycles. The van der Waals surface area contributed by atoms with Crippen LogP contribution in [0, 0.1) is 5.82 Å². The van der Waals surface area contributed by atoms with Crippen molar-refractivity contribution in [1.29, 1.82) is 0 Å². The molecule has 0 aliphatic carbocycles. The Bertz CT molecular complexity index is 986. The third-order valence-corrected chi connectivity index (χ3v) is 4.40. The average Bonchev–Trinajstić information content (AvgIpc) is 2.92. The van der Waals surface area contributed by atoms with Crippen molar-refractivity contribution in [3.05, 3.63) is 71.2 Å². The Kier molecular flexibility index (Phi) is 3.23. The molecule has 4 nitrogen and oxygen atoms in total. The highest BCUT2D eigenvalue weighted by molar-refractivity contribution is 5.97. The molecule has 120 valence electrons. The molecule has 4 rings (SSSR count). The Morgan fingerprint density at radius 1 is 1.17 bits per heavy atom. The fraction of sp³-hybridized carbons (Fsp3) is 0.158. The zero-order valence-electron chi connectivity index (χ0n) is 13.4. The first-order valence-electron chi connectivity index (χ1n) is 7.77. The van der Waals surface area contributed by atoms with Gasteiger partial charge in [0.05, 0.1) is 17.1 Å². The first-order valence-corrected chi connectivity index (χ1v) is 7.77. The molecule has 0 fully saturated rings. The molecule has 2 aromatic carbocycles. The van der Waals surface area contributed by atoms with Crippen LogP contribution in [-0.4, -0.2) is 15.3 Å². The largest absolute Gasteiger partial charge is 0.329 e. The quantitative estimate of drug-likeness (QED) is 0.774. The Balaban J connectivity index is 2.03. The topological polar surface area (TPSA) is 46.9 Å². The summed E-state index contributed by atoms with van der Waals surface area (Å²) >= 11 is 0. The maximum atomic E-state index is 13.4. The molecule has 0 unspecified atom stereocenters. The minimum atomic E-state index is -0.327. The van der Waals surface area contributed by atoms with E-state index in [2.05, 4.69) is 10.3 Å². The van der Waals surface area contributed by atoms with Gasteiger partial charge in [-0.15, -0.1) is 0 Å².